The van der Waals surface area contributed by atoms with Crippen LogP contribution in [0, 0.1) is 0 Å². The van der Waals surface area contributed by atoms with E-state index in [-0.39, 0.29) is 18.4 Å². The van der Waals surface area contributed by atoms with Gasteiger partial charge in [-0.15, -0.1) is 0 Å². The van der Waals surface area contributed by atoms with E-state index in [4.69, 9.17) is 9.84 Å². The number of quaternary nitrogens is 1. The number of carbonyl (C=O) groups is 1. The van der Waals surface area contributed by atoms with E-state index in [1.54, 1.807) is 13.8 Å². The molecule has 0 saturated heterocycles. The van der Waals surface area contributed by atoms with Gasteiger partial charge in [0.1, 0.15) is 12.4 Å². The second-order valence-electron chi connectivity index (χ2n) is 4.63. The van der Waals surface area contributed by atoms with Crippen LogP contribution in [0.5, 0.6) is 0 Å². The summed E-state index contributed by atoms with van der Waals surface area (Å²) in [5.41, 5.74) is 0.435. The number of hydrogen-bond donors (Lipinski definition) is 1. The fourth-order valence-corrected chi connectivity index (χ4v) is 0.693. The minimum Gasteiger partial charge on any atom is -0.455 e. The Labute approximate surface area is 101 Å². The number of aliphatic hydroxyl groups is 1. The molecule has 1 N–H and O–H groups in total. The van der Waals surface area contributed by atoms with Gasteiger partial charge in [-0.25, -0.2) is 4.79 Å². The third-order valence-corrected chi connectivity index (χ3v) is 1.55. The zero-order chi connectivity index (χ0) is 13.4. The SMILES string of the molecule is C=C(C)C(=O)OC(C)P.C[N+](C)(C)CCO. The number of rotatable bonds is 4. The van der Waals surface area contributed by atoms with E-state index >= 15 is 0 Å². The molecule has 96 valence electrons. The average Bonchev–Trinajstić information content (AvgIpc) is 2.01. The first-order valence-corrected chi connectivity index (χ1v) is 5.80. The van der Waals surface area contributed by atoms with Gasteiger partial charge in [-0.2, -0.15) is 0 Å². The van der Waals surface area contributed by atoms with Crippen molar-refractivity contribution in [1.82, 2.24) is 0 Å². The molecule has 0 fully saturated rings. The number of likely N-dealkylation sites (N-methyl/N-ethyl adjacent to an activating group) is 1. The van der Waals surface area contributed by atoms with Gasteiger partial charge in [-0.3, -0.25) is 0 Å². The summed E-state index contributed by atoms with van der Waals surface area (Å²) in [7, 11) is 8.52. The zero-order valence-corrected chi connectivity index (χ0v) is 12.1. The number of carbonyl (C=O) groups excluding carboxylic acids is 1. The molecule has 0 spiro atoms. The van der Waals surface area contributed by atoms with Gasteiger partial charge < -0.3 is 14.3 Å². The highest BCUT2D eigenvalue weighted by atomic mass is 31.0. The third-order valence-electron chi connectivity index (χ3n) is 1.41. The summed E-state index contributed by atoms with van der Waals surface area (Å²) in [6.45, 7) is 7.93. The maximum absolute atomic E-state index is 10.6. The summed E-state index contributed by atoms with van der Waals surface area (Å²) < 4.78 is 5.58. The standard InChI is InChI=1S/C6H11O2P.C5H14NO/c1-4(2)6(7)8-5(3)9;1-6(2,3)4-5-7/h5H,1,9H2,2-3H3;7H,4-5H2,1-3H3/q;+1. The summed E-state index contributed by atoms with van der Waals surface area (Å²) in [4.78, 5) is 10.6. The Bertz CT molecular complexity index is 222. The predicted octanol–water partition coefficient (Wildman–Crippen LogP) is 1.01. The molecule has 0 radical (unpaired) electrons. The number of nitrogens with zero attached hydrogens (tertiary/aromatic N) is 1. The number of ether oxygens (including phenoxy) is 1. The summed E-state index contributed by atoms with van der Waals surface area (Å²) in [6, 6.07) is 0. The summed E-state index contributed by atoms with van der Waals surface area (Å²) in [6.07, 6.45) is 0. The summed E-state index contributed by atoms with van der Waals surface area (Å²) >= 11 is 0. The molecule has 0 rings (SSSR count). The van der Waals surface area contributed by atoms with Crippen LogP contribution in [0.25, 0.3) is 0 Å². The van der Waals surface area contributed by atoms with Gasteiger partial charge in [0.05, 0.1) is 27.7 Å². The van der Waals surface area contributed by atoms with Crippen LogP contribution in [-0.2, 0) is 9.53 Å². The van der Waals surface area contributed by atoms with Crippen LogP contribution in [0.15, 0.2) is 12.2 Å². The fourth-order valence-electron chi connectivity index (χ4n) is 0.569. The van der Waals surface area contributed by atoms with Crippen molar-refractivity contribution < 1.29 is 19.1 Å². The molecule has 0 aromatic carbocycles. The van der Waals surface area contributed by atoms with Crippen LogP contribution < -0.4 is 0 Å². The van der Waals surface area contributed by atoms with Gasteiger partial charge in [-0.1, -0.05) is 15.8 Å². The first kappa shape index (κ1) is 17.9. The van der Waals surface area contributed by atoms with Crippen LogP contribution in [0.2, 0.25) is 0 Å². The largest absolute Gasteiger partial charge is 0.455 e. The average molecular weight is 250 g/mol. The lowest BCUT2D eigenvalue weighted by atomic mass is 10.4. The maximum atomic E-state index is 10.6. The van der Waals surface area contributed by atoms with Gasteiger partial charge in [0.15, 0.2) is 0 Å². The second-order valence-corrected chi connectivity index (χ2v) is 5.57. The van der Waals surface area contributed by atoms with Crippen LogP contribution in [0.1, 0.15) is 13.8 Å². The highest BCUT2D eigenvalue weighted by Gasteiger charge is 2.04. The van der Waals surface area contributed by atoms with E-state index in [0.29, 0.717) is 5.57 Å². The first-order chi connectivity index (χ1) is 7.10. The lowest BCUT2D eigenvalue weighted by Crippen LogP contribution is -2.36. The second kappa shape index (κ2) is 8.68. The van der Waals surface area contributed by atoms with Crippen LogP contribution in [0.3, 0.4) is 0 Å². The number of hydrogen-bond acceptors (Lipinski definition) is 3. The Morgan fingerprint density at radius 3 is 2.00 bits per heavy atom. The molecule has 0 aliphatic carbocycles. The van der Waals surface area contributed by atoms with Crippen molar-refractivity contribution >= 4 is 15.2 Å². The molecule has 0 saturated carbocycles. The van der Waals surface area contributed by atoms with Crippen molar-refractivity contribution in [3.63, 3.8) is 0 Å². The lowest BCUT2D eigenvalue weighted by Gasteiger charge is -2.21. The Balaban J connectivity index is 0. The normalized spacial score (nSPS) is 12.2. The summed E-state index contributed by atoms with van der Waals surface area (Å²) in [5.74, 6) is -0.466. The topological polar surface area (TPSA) is 46.5 Å². The molecule has 2 atom stereocenters. The quantitative estimate of drug-likeness (QED) is 0.350. The smallest absolute Gasteiger partial charge is 0.333 e. The van der Waals surface area contributed by atoms with Crippen LogP contribution in [0.4, 0.5) is 0 Å². The van der Waals surface area contributed by atoms with Gasteiger partial charge >= 0.3 is 5.97 Å². The molecule has 0 bridgehead atoms. The molecule has 0 aromatic rings. The maximum Gasteiger partial charge on any atom is 0.333 e. The Hall–Kier alpha value is -0.440. The highest BCUT2D eigenvalue weighted by molar-refractivity contribution is 7.17. The van der Waals surface area contributed by atoms with Crippen molar-refractivity contribution in [2.45, 2.75) is 19.7 Å². The lowest BCUT2D eigenvalue weighted by molar-refractivity contribution is -0.870. The minimum atomic E-state index is -0.336. The van der Waals surface area contributed by atoms with E-state index in [0.717, 1.165) is 11.0 Å². The van der Waals surface area contributed by atoms with Gasteiger partial charge in [0.25, 0.3) is 0 Å². The van der Waals surface area contributed by atoms with Crippen molar-refractivity contribution in [1.29, 1.82) is 0 Å². The van der Waals surface area contributed by atoms with Gasteiger partial charge in [-0.05, 0) is 13.8 Å². The number of esters is 1. The van der Waals surface area contributed by atoms with Gasteiger partial charge in [0, 0.05) is 5.57 Å². The van der Waals surface area contributed by atoms with Crippen LogP contribution in [-0.4, -0.2) is 55.7 Å². The molecule has 0 aromatic heterocycles. The third kappa shape index (κ3) is 16.0. The molecule has 0 aliphatic heterocycles. The Kier molecular flexibility index (Phi) is 9.73. The molecule has 2 unspecified atom stereocenters. The summed E-state index contributed by atoms with van der Waals surface area (Å²) in [5, 5.41) is 8.39. The molecule has 0 amide bonds. The van der Waals surface area contributed by atoms with Gasteiger partial charge in [0.2, 0.25) is 0 Å². The van der Waals surface area contributed by atoms with Crippen molar-refractivity contribution in [2.75, 3.05) is 34.3 Å². The molecule has 4 nitrogen and oxygen atoms in total. The molecule has 5 heteroatoms. The van der Waals surface area contributed by atoms with Crippen molar-refractivity contribution in [3.05, 3.63) is 12.2 Å². The molecular formula is C11H25NO3P+. The van der Waals surface area contributed by atoms with E-state index in [9.17, 15) is 4.79 Å². The molecular weight excluding hydrogens is 225 g/mol. The van der Waals surface area contributed by atoms with E-state index in [1.807, 2.05) is 0 Å². The minimum absolute atomic E-state index is 0.130. The predicted molar refractivity (Wildman–Crippen MR) is 70.1 cm³/mol. The molecule has 0 heterocycles. The zero-order valence-electron chi connectivity index (χ0n) is 11.0. The Morgan fingerprint density at radius 1 is 1.50 bits per heavy atom. The molecule has 0 aliphatic rings. The fraction of sp³-hybridized carbons (Fsp3) is 0.727. The van der Waals surface area contributed by atoms with E-state index in [2.05, 4.69) is 37.0 Å². The highest BCUT2D eigenvalue weighted by Crippen LogP contribution is 2.03. The van der Waals surface area contributed by atoms with E-state index in [1.165, 1.54) is 0 Å². The van der Waals surface area contributed by atoms with E-state index < -0.39 is 0 Å². The first-order valence-electron chi connectivity index (χ1n) is 5.13. The monoisotopic (exact) mass is 250 g/mol. The van der Waals surface area contributed by atoms with Crippen molar-refractivity contribution in [3.8, 4) is 0 Å². The Morgan fingerprint density at radius 2 is 1.94 bits per heavy atom. The molecule has 16 heavy (non-hydrogen) atoms. The number of aliphatic hydroxyl groups excluding tert-OH is 1. The van der Waals surface area contributed by atoms with Crippen LogP contribution >= 0.6 is 9.24 Å². The van der Waals surface area contributed by atoms with Crippen molar-refractivity contribution in [2.24, 2.45) is 0 Å².